The monoisotopic (exact) mass is 503 g/mol. The number of anilines is 1. The second kappa shape index (κ2) is 9.84. The minimum Gasteiger partial charge on any atom is -0.480 e. The number of carboxylic acid groups (broad SMARTS) is 1. The van der Waals surface area contributed by atoms with Gasteiger partial charge in [-0.05, 0) is 56.0 Å². The van der Waals surface area contributed by atoms with E-state index in [1.54, 1.807) is 35.2 Å². The van der Waals surface area contributed by atoms with Gasteiger partial charge < -0.3 is 15.3 Å². The molecule has 4 rings (SSSR count). The lowest BCUT2D eigenvalue weighted by molar-refractivity contribution is -0.387. The fourth-order valence-electron chi connectivity index (χ4n) is 5.06. The average molecular weight is 504 g/mol. The number of nitrogens with zero attached hydrogens (tertiary/aromatic N) is 2. The van der Waals surface area contributed by atoms with Crippen molar-refractivity contribution >= 4 is 46.6 Å². The number of nitro groups is 1. The fraction of sp³-hybridized carbons (Fsp3) is 0.417. The lowest BCUT2D eigenvalue weighted by atomic mass is 9.79. The van der Waals surface area contributed by atoms with Gasteiger partial charge in [0.2, 0.25) is 0 Å². The van der Waals surface area contributed by atoms with Crippen molar-refractivity contribution in [1.82, 2.24) is 4.90 Å². The number of carbonyl (C=O) groups is 2. The molecule has 10 heteroatoms. The van der Waals surface area contributed by atoms with Crippen LogP contribution < -0.4 is 5.32 Å². The van der Waals surface area contributed by atoms with Gasteiger partial charge in [-0.25, -0.2) is 4.79 Å². The number of thioether (sulfide) groups is 1. The van der Waals surface area contributed by atoms with E-state index in [2.05, 4.69) is 5.32 Å². The highest BCUT2D eigenvalue weighted by Gasteiger charge is 2.52. The van der Waals surface area contributed by atoms with Crippen LogP contribution in [0.15, 0.2) is 47.4 Å². The summed E-state index contributed by atoms with van der Waals surface area (Å²) >= 11 is 8.30. The van der Waals surface area contributed by atoms with Crippen molar-refractivity contribution in [2.75, 3.05) is 18.4 Å². The van der Waals surface area contributed by atoms with Crippen LogP contribution in [0.5, 0.6) is 0 Å². The van der Waals surface area contributed by atoms with Gasteiger partial charge in [0.15, 0.2) is 0 Å². The summed E-state index contributed by atoms with van der Waals surface area (Å²) in [5.74, 6) is -1.67. The number of hydrogen-bond donors (Lipinski definition) is 2. The Bertz CT molecular complexity index is 1130. The normalized spacial score (nSPS) is 25.1. The van der Waals surface area contributed by atoms with E-state index in [4.69, 9.17) is 11.6 Å². The van der Waals surface area contributed by atoms with E-state index in [1.165, 1.54) is 17.8 Å². The fourth-order valence-corrected chi connectivity index (χ4v) is 7.00. The topological polar surface area (TPSA) is 113 Å². The molecule has 0 radical (unpaired) electrons. The van der Waals surface area contributed by atoms with Gasteiger partial charge in [0.05, 0.1) is 15.2 Å². The van der Waals surface area contributed by atoms with E-state index in [0.29, 0.717) is 35.7 Å². The molecule has 0 bridgehead atoms. The maximum absolute atomic E-state index is 13.0. The zero-order valence-electron chi connectivity index (χ0n) is 18.8. The predicted molar refractivity (Wildman–Crippen MR) is 132 cm³/mol. The van der Waals surface area contributed by atoms with Crippen molar-refractivity contribution in [3.63, 3.8) is 0 Å². The molecule has 0 spiro atoms. The molecule has 2 aliphatic rings. The van der Waals surface area contributed by atoms with E-state index in [0.717, 1.165) is 5.56 Å². The van der Waals surface area contributed by atoms with Gasteiger partial charge in [-0.3, -0.25) is 14.9 Å². The van der Waals surface area contributed by atoms with Crippen molar-refractivity contribution < 1.29 is 19.6 Å². The SMILES string of the molecule is CCN(CC)C(=O)c1ccc2c(c1)[C@@H]1[C@@H](Cl)[C@H](Sc3ccccc3[N+](=O)[O-])C[C@@H]1[C@H](C(=O)O)N2. The molecule has 1 amide bonds. The predicted octanol–water partition coefficient (Wildman–Crippen LogP) is 4.83. The Balaban J connectivity index is 1.70. The Morgan fingerprint density at radius 2 is 1.94 bits per heavy atom. The second-order valence-corrected chi connectivity index (χ2v) is 10.3. The molecule has 34 heavy (non-hydrogen) atoms. The zero-order chi connectivity index (χ0) is 24.6. The average Bonchev–Trinajstić information content (AvgIpc) is 3.15. The third-order valence-electron chi connectivity index (χ3n) is 6.72. The molecule has 1 fully saturated rings. The Morgan fingerprint density at radius 3 is 2.59 bits per heavy atom. The molecule has 2 aromatic rings. The first-order valence-electron chi connectivity index (χ1n) is 11.2. The molecule has 1 saturated carbocycles. The molecule has 0 unspecified atom stereocenters. The highest BCUT2D eigenvalue weighted by atomic mass is 35.5. The lowest BCUT2D eigenvalue weighted by Crippen LogP contribution is -2.42. The van der Waals surface area contributed by atoms with Crippen LogP contribution in [0.2, 0.25) is 0 Å². The van der Waals surface area contributed by atoms with Crippen molar-refractivity contribution in [1.29, 1.82) is 0 Å². The van der Waals surface area contributed by atoms with Crippen LogP contribution in [0, 0.1) is 16.0 Å². The number of amides is 1. The standard InChI is InChI=1S/C24H26ClN3O5S/c1-3-27(4-2)23(29)13-9-10-16-14(11-13)20-15(22(26-16)24(30)31)12-19(21(20)25)34-18-8-6-5-7-17(18)28(32)33/h5-11,15,19-22,26H,3-4,12H2,1-2H3,(H,30,31)/t15-,19+,20-,21-,22+/m0/s1. The number of carbonyl (C=O) groups excluding carboxylic acids is 1. The third kappa shape index (κ3) is 4.34. The van der Waals surface area contributed by atoms with E-state index in [1.807, 2.05) is 19.9 Å². The number of nitrogens with one attached hydrogen (secondary N) is 1. The molecule has 8 nitrogen and oxygen atoms in total. The number of rotatable bonds is 7. The summed E-state index contributed by atoms with van der Waals surface area (Å²) in [7, 11) is 0. The summed E-state index contributed by atoms with van der Waals surface area (Å²) in [6, 6.07) is 11.0. The first-order valence-corrected chi connectivity index (χ1v) is 12.5. The van der Waals surface area contributed by atoms with Crippen LogP contribution in [-0.4, -0.2) is 56.6 Å². The Kier molecular flexibility index (Phi) is 7.04. The third-order valence-corrected chi connectivity index (χ3v) is 8.83. The summed E-state index contributed by atoms with van der Waals surface area (Å²) < 4.78 is 0. The van der Waals surface area contributed by atoms with Crippen molar-refractivity contribution in [2.24, 2.45) is 5.92 Å². The summed E-state index contributed by atoms with van der Waals surface area (Å²) in [5, 5.41) is 23.8. The quantitative estimate of drug-likeness (QED) is 0.316. The number of halogens is 1. The summed E-state index contributed by atoms with van der Waals surface area (Å²) in [5.41, 5.74) is 2.03. The lowest BCUT2D eigenvalue weighted by Gasteiger charge is -2.36. The van der Waals surface area contributed by atoms with Crippen molar-refractivity contribution in [3.8, 4) is 0 Å². The molecular formula is C24H26ClN3O5S. The van der Waals surface area contributed by atoms with Gasteiger partial charge in [-0.1, -0.05) is 12.1 Å². The Hall–Kier alpha value is -2.78. The van der Waals surface area contributed by atoms with Crippen molar-refractivity contribution in [3.05, 3.63) is 63.7 Å². The number of para-hydroxylation sites is 1. The second-order valence-electron chi connectivity index (χ2n) is 8.49. The van der Waals surface area contributed by atoms with Gasteiger partial charge in [-0.15, -0.1) is 23.4 Å². The van der Waals surface area contributed by atoms with Gasteiger partial charge in [0.1, 0.15) is 6.04 Å². The van der Waals surface area contributed by atoms with Gasteiger partial charge >= 0.3 is 5.97 Å². The maximum Gasteiger partial charge on any atom is 0.326 e. The van der Waals surface area contributed by atoms with E-state index in [-0.39, 0.29) is 28.7 Å². The van der Waals surface area contributed by atoms with Crippen LogP contribution >= 0.6 is 23.4 Å². The number of alkyl halides is 1. The number of benzene rings is 2. The number of fused-ring (bicyclic) bond motifs is 3. The smallest absolute Gasteiger partial charge is 0.326 e. The number of carboxylic acids is 1. The van der Waals surface area contributed by atoms with E-state index >= 15 is 0 Å². The molecule has 0 aromatic heterocycles. The number of hydrogen-bond acceptors (Lipinski definition) is 6. The summed E-state index contributed by atoms with van der Waals surface area (Å²) in [4.78, 5) is 38.3. The first-order chi connectivity index (χ1) is 16.3. The highest BCUT2D eigenvalue weighted by molar-refractivity contribution is 8.00. The van der Waals surface area contributed by atoms with Crippen LogP contribution in [-0.2, 0) is 4.79 Å². The molecule has 1 heterocycles. The molecule has 2 aromatic carbocycles. The zero-order valence-corrected chi connectivity index (χ0v) is 20.4. The largest absolute Gasteiger partial charge is 0.480 e. The highest BCUT2D eigenvalue weighted by Crippen LogP contribution is 2.55. The Morgan fingerprint density at radius 1 is 1.24 bits per heavy atom. The molecule has 2 N–H and O–H groups in total. The first kappa shape index (κ1) is 24.3. The minimum absolute atomic E-state index is 0.00616. The molecule has 0 saturated heterocycles. The molecular weight excluding hydrogens is 478 g/mol. The molecule has 1 aliphatic heterocycles. The van der Waals surface area contributed by atoms with Gasteiger partial charge in [0, 0.05) is 41.6 Å². The van der Waals surface area contributed by atoms with Crippen LogP contribution in [0.4, 0.5) is 11.4 Å². The minimum atomic E-state index is -0.968. The summed E-state index contributed by atoms with van der Waals surface area (Å²) in [6.45, 7) is 5.02. The Labute approximate surface area is 206 Å². The van der Waals surface area contributed by atoms with E-state index < -0.39 is 22.3 Å². The summed E-state index contributed by atoms with van der Waals surface area (Å²) in [6.07, 6.45) is 0.479. The van der Waals surface area contributed by atoms with E-state index in [9.17, 15) is 24.8 Å². The van der Waals surface area contributed by atoms with Crippen molar-refractivity contribution in [2.45, 2.75) is 47.8 Å². The maximum atomic E-state index is 13.0. The number of nitro benzene ring substituents is 1. The van der Waals surface area contributed by atoms with Gasteiger partial charge in [-0.2, -0.15) is 0 Å². The molecule has 5 atom stereocenters. The van der Waals surface area contributed by atoms with Crippen LogP contribution in [0.1, 0.15) is 42.1 Å². The van der Waals surface area contributed by atoms with Crippen LogP contribution in [0.3, 0.4) is 0 Å². The molecule has 180 valence electrons. The van der Waals surface area contributed by atoms with Crippen LogP contribution in [0.25, 0.3) is 0 Å². The number of aliphatic carboxylic acids is 1. The van der Waals surface area contributed by atoms with Gasteiger partial charge in [0.25, 0.3) is 11.6 Å². The molecule has 1 aliphatic carbocycles.